The topological polar surface area (TPSA) is 46.1 Å². The van der Waals surface area contributed by atoms with Gasteiger partial charge in [0, 0.05) is 27.2 Å². The van der Waals surface area contributed by atoms with Crippen molar-refractivity contribution in [1.82, 2.24) is 10.2 Å². The van der Waals surface area contributed by atoms with Gasteiger partial charge in [-0.15, -0.1) is 0 Å². The molecule has 0 aliphatic rings. The van der Waals surface area contributed by atoms with Gasteiger partial charge in [0.05, 0.1) is 14.2 Å². The van der Waals surface area contributed by atoms with Gasteiger partial charge in [-0.1, -0.05) is 0 Å². The first-order valence-corrected chi connectivity index (χ1v) is 9.09. The van der Waals surface area contributed by atoms with Crippen LogP contribution in [0.25, 0.3) is 0 Å². The number of ether oxygens (including phenoxy) is 2. The van der Waals surface area contributed by atoms with Crippen LogP contribution in [0.2, 0.25) is 0 Å². The molecule has 0 unspecified atom stereocenters. The number of aliphatic imine (C=N–C) groups is 1. The first kappa shape index (κ1) is 19.5. The summed E-state index contributed by atoms with van der Waals surface area (Å²) >= 11 is 1.86. The summed E-state index contributed by atoms with van der Waals surface area (Å²) in [5.74, 6) is 3.57. The number of thioether (sulfide) groups is 1. The molecule has 1 aromatic carbocycles. The Morgan fingerprint density at radius 2 is 1.91 bits per heavy atom. The summed E-state index contributed by atoms with van der Waals surface area (Å²) in [6.45, 7) is 3.77. The second-order valence-corrected chi connectivity index (χ2v) is 6.30. The fourth-order valence-electron chi connectivity index (χ4n) is 2.32. The molecule has 0 aromatic heterocycles. The lowest BCUT2D eigenvalue weighted by atomic mass is 10.1. The van der Waals surface area contributed by atoms with Crippen LogP contribution in [0.5, 0.6) is 11.5 Å². The fraction of sp³-hybridized carbons (Fsp3) is 0.588. The normalized spacial score (nSPS) is 11.3. The van der Waals surface area contributed by atoms with Gasteiger partial charge < -0.3 is 19.7 Å². The zero-order chi connectivity index (χ0) is 17.2. The van der Waals surface area contributed by atoms with Crippen molar-refractivity contribution < 1.29 is 9.47 Å². The molecule has 0 atom stereocenters. The van der Waals surface area contributed by atoms with E-state index in [2.05, 4.69) is 28.4 Å². The van der Waals surface area contributed by atoms with E-state index in [1.165, 1.54) is 11.1 Å². The van der Waals surface area contributed by atoms with Gasteiger partial charge in [-0.2, -0.15) is 11.8 Å². The van der Waals surface area contributed by atoms with Crippen LogP contribution in [0.4, 0.5) is 0 Å². The summed E-state index contributed by atoms with van der Waals surface area (Å²) in [5.41, 5.74) is 2.37. The molecule has 0 amide bonds. The van der Waals surface area contributed by atoms with Crippen molar-refractivity contribution >= 4 is 17.7 Å². The highest BCUT2D eigenvalue weighted by Crippen LogP contribution is 2.30. The molecule has 1 aromatic rings. The van der Waals surface area contributed by atoms with E-state index in [0.717, 1.165) is 42.7 Å². The maximum atomic E-state index is 5.40. The lowest BCUT2D eigenvalue weighted by molar-refractivity contribution is 0.353. The van der Waals surface area contributed by atoms with Gasteiger partial charge in [-0.25, -0.2) is 0 Å². The van der Waals surface area contributed by atoms with Crippen molar-refractivity contribution in [2.24, 2.45) is 4.99 Å². The number of methoxy groups -OCH3 is 2. The third kappa shape index (κ3) is 5.86. The van der Waals surface area contributed by atoms with Crippen LogP contribution in [-0.2, 0) is 6.54 Å². The fourth-order valence-corrected chi connectivity index (χ4v) is 2.76. The molecule has 0 bridgehead atoms. The Labute approximate surface area is 144 Å². The second-order valence-electron chi connectivity index (χ2n) is 5.31. The van der Waals surface area contributed by atoms with Gasteiger partial charge in [0.1, 0.15) is 0 Å². The van der Waals surface area contributed by atoms with Gasteiger partial charge in [-0.3, -0.25) is 4.99 Å². The van der Waals surface area contributed by atoms with E-state index in [1.54, 1.807) is 14.2 Å². The molecule has 1 N–H and O–H groups in total. The standard InChI is InChI=1S/C17H29N3O2S/c1-13-10-15(21-4)16(22-5)11-14(13)12-20(3)17(18-2)19-8-7-9-23-6/h10-11H,7-9,12H2,1-6H3,(H,18,19). The molecule has 0 aliphatic heterocycles. The summed E-state index contributed by atoms with van der Waals surface area (Å²) in [6.07, 6.45) is 3.25. The summed E-state index contributed by atoms with van der Waals surface area (Å²) in [7, 11) is 7.17. The van der Waals surface area contributed by atoms with E-state index in [0.29, 0.717) is 0 Å². The van der Waals surface area contributed by atoms with Crippen LogP contribution < -0.4 is 14.8 Å². The van der Waals surface area contributed by atoms with E-state index < -0.39 is 0 Å². The maximum absolute atomic E-state index is 5.40. The molecule has 23 heavy (non-hydrogen) atoms. The highest BCUT2D eigenvalue weighted by atomic mass is 32.2. The van der Waals surface area contributed by atoms with Crippen LogP contribution in [-0.4, -0.2) is 57.7 Å². The largest absolute Gasteiger partial charge is 0.493 e. The average molecular weight is 340 g/mol. The van der Waals surface area contributed by atoms with Crippen molar-refractivity contribution in [3.8, 4) is 11.5 Å². The quantitative estimate of drug-likeness (QED) is 0.448. The Kier molecular flexibility index (Phi) is 8.69. The summed E-state index contributed by atoms with van der Waals surface area (Å²) in [6, 6.07) is 4.04. The number of benzene rings is 1. The van der Waals surface area contributed by atoms with Crippen molar-refractivity contribution in [3.63, 3.8) is 0 Å². The van der Waals surface area contributed by atoms with Crippen LogP contribution in [0.3, 0.4) is 0 Å². The first-order valence-electron chi connectivity index (χ1n) is 7.69. The van der Waals surface area contributed by atoms with Gasteiger partial charge in [0.2, 0.25) is 0 Å². The number of nitrogens with zero attached hydrogens (tertiary/aromatic N) is 2. The highest BCUT2D eigenvalue weighted by molar-refractivity contribution is 7.98. The smallest absolute Gasteiger partial charge is 0.193 e. The Balaban J connectivity index is 2.77. The molecule has 0 heterocycles. The molecule has 0 radical (unpaired) electrons. The minimum atomic E-state index is 0.754. The Hall–Kier alpha value is -1.56. The van der Waals surface area contributed by atoms with Crippen LogP contribution in [0, 0.1) is 6.92 Å². The zero-order valence-corrected chi connectivity index (χ0v) is 15.9. The molecule has 5 nitrogen and oxygen atoms in total. The molecule has 0 spiro atoms. The van der Waals surface area contributed by atoms with Crippen molar-refractivity contribution in [2.45, 2.75) is 19.9 Å². The van der Waals surface area contributed by atoms with Crippen LogP contribution in [0.15, 0.2) is 17.1 Å². The van der Waals surface area contributed by atoms with E-state index in [4.69, 9.17) is 9.47 Å². The zero-order valence-electron chi connectivity index (χ0n) is 15.1. The summed E-state index contributed by atoms with van der Waals surface area (Å²) in [4.78, 5) is 6.47. The molecular weight excluding hydrogens is 310 g/mol. The second kappa shape index (κ2) is 10.3. The summed E-state index contributed by atoms with van der Waals surface area (Å²) in [5, 5.41) is 3.40. The van der Waals surface area contributed by atoms with Gasteiger partial charge in [-0.05, 0) is 48.6 Å². The Morgan fingerprint density at radius 1 is 1.26 bits per heavy atom. The van der Waals surface area contributed by atoms with Crippen molar-refractivity contribution in [1.29, 1.82) is 0 Å². The minimum Gasteiger partial charge on any atom is -0.493 e. The third-order valence-electron chi connectivity index (χ3n) is 3.63. The van der Waals surface area contributed by atoms with Crippen molar-refractivity contribution in [2.75, 3.05) is 46.9 Å². The van der Waals surface area contributed by atoms with Crippen LogP contribution in [0.1, 0.15) is 17.5 Å². The molecule has 0 saturated heterocycles. The molecule has 0 aliphatic carbocycles. The SMILES string of the molecule is CN=C(NCCCSC)N(C)Cc1cc(OC)c(OC)cc1C. The average Bonchev–Trinajstić information content (AvgIpc) is 2.56. The predicted octanol–water partition coefficient (Wildman–Crippen LogP) is 2.77. The highest BCUT2D eigenvalue weighted by Gasteiger charge is 2.12. The van der Waals surface area contributed by atoms with Gasteiger partial charge in [0.25, 0.3) is 0 Å². The lowest BCUT2D eigenvalue weighted by Gasteiger charge is -2.23. The number of nitrogens with one attached hydrogen (secondary N) is 1. The number of aryl methyl sites for hydroxylation is 1. The molecule has 1 rings (SSSR count). The van der Waals surface area contributed by atoms with Gasteiger partial charge >= 0.3 is 0 Å². The molecular formula is C17H29N3O2S. The minimum absolute atomic E-state index is 0.754. The summed E-state index contributed by atoms with van der Waals surface area (Å²) < 4.78 is 10.7. The molecule has 6 heteroatoms. The Bertz CT molecular complexity index is 521. The Morgan fingerprint density at radius 3 is 2.48 bits per heavy atom. The van der Waals surface area contributed by atoms with E-state index >= 15 is 0 Å². The van der Waals surface area contributed by atoms with E-state index in [9.17, 15) is 0 Å². The first-order chi connectivity index (χ1) is 11.1. The van der Waals surface area contributed by atoms with Crippen molar-refractivity contribution in [3.05, 3.63) is 23.3 Å². The van der Waals surface area contributed by atoms with E-state index in [1.807, 2.05) is 38.0 Å². The number of hydrogen-bond acceptors (Lipinski definition) is 4. The number of guanidine groups is 1. The van der Waals surface area contributed by atoms with E-state index in [-0.39, 0.29) is 0 Å². The third-order valence-corrected chi connectivity index (χ3v) is 4.33. The molecule has 0 fully saturated rings. The molecule has 130 valence electrons. The van der Waals surface area contributed by atoms with Gasteiger partial charge in [0.15, 0.2) is 17.5 Å². The lowest BCUT2D eigenvalue weighted by Crippen LogP contribution is -2.39. The number of rotatable bonds is 8. The predicted molar refractivity (Wildman–Crippen MR) is 100 cm³/mol. The molecule has 0 saturated carbocycles. The number of hydrogen-bond donors (Lipinski definition) is 1. The maximum Gasteiger partial charge on any atom is 0.193 e. The van der Waals surface area contributed by atoms with Crippen LogP contribution >= 0.6 is 11.8 Å². The monoisotopic (exact) mass is 339 g/mol.